The summed E-state index contributed by atoms with van der Waals surface area (Å²) in [6.07, 6.45) is 4.53. The summed E-state index contributed by atoms with van der Waals surface area (Å²) in [5, 5.41) is 15.2. The van der Waals surface area contributed by atoms with Crippen molar-refractivity contribution < 1.29 is 9.90 Å². The summed E-state index contributed by atoms with van der Waals surface area (Å²) in [6, 6.07) is 2.94. The second kappa shape index (κ2) is 4.94. The van der Waals surface area contributed by atoms with Gasteiger partial charge in [0.15, 0.2) is 11.6 Å². The molecule has 5 nitrogen and oxygen atoms in total. The molecule has 0 aromatic carbocycles. The van der Waals surface area contributed by atoms with Gasteiger partial charge >= 0.3 is 0 Å². The van der Waals surface area contributed by atoms with Gasteiger partial charge < -0.3 is 15.7 Å². The Morgan fingerprint density at radius 2 is 2.44 bits per heavy atom. The largest absolute Gasteiger partial charge is 0.504 e. The summed E-state index contributed by atoms with van der Waals surface area (Å²) in [6.45, 7) is 0.867. The highest BCUT2D eigenvalue weighted by atomic mass is 16.3. The van der Waals surface area contributed by atoms with E-state index in [2.05, 4.69) is 15.6 Å². The van der Waals surface area contributed by atoms with E-state index >= 15 is 0 Å². The van der Waals surface area contributed by atoms with Crippen molar-refractivity contribution in [2.75, 3.05) is 11.9 Å². The number of anilines is 1. The van der Waals surface area contributed by atoms with Crippen LogP contribution in [-0.2, 0) is 4.79 Å². The Balaban J connectivity index is 1.99. The molecule has 1 fully saturated rings. The van der Waals surface area contributed by atoms with Crippen LogP contribution in [0.5, 0.6) is 5.75 Å². The van der Waals surface area contributed by atoms with Gasteiger partial charge in [-0.05, 0) is 31.5 Å². The standard InChI is InChI=1S/C11H15N3O2/c15-9-5-3-7-13-10(9)14-11(16)8-4-1-2-6-12-8/h3,5,7-8,12,15H,1-2,4,6H2,(H,13,14,16)/t8-/m1/s1. The van der Waals surface area contributed by atoms with E-state index in [1.54, 1.807) is 6.07 Å². The van der Waals surface area contributed by atoms with Crippen LogP contribution in [0, 0.1) is 0 Å². The Morgan fingerprint density at radius 1 is 1.56 bits per heavy atom. The van der Waals surface area contributed by atoms with Gasteiger partial charge in [0.05, 0.1) is 6.04 Å². The molecule has 0 radical (unpaired) electrons. The molecule has 1 amide bonds. The molecule has 1 aliphatic heterocycles. The maximum Gasteiger partial charge on any atom is 0.242 e. The van der Waals surface area contributed by atoms with Crippen molar-refractivity contribution in [1.29, 1.82) is 0 Å². The molecule has 0 unspecified atom stereocenters. The second-order valence-electron chi connectivity index (χ2n) is 3.86. The number of piperidine rings is 1. The number of nitrogens with one attached hydrogen (secondary N) is 2. The van der Waals surface area contributed by atoms with E-state index in [1.165, 1.54) is 12.3 Å². The average Bonchev–Trinajstić information content (AvgIpc) is 2.33. The number of aromatic hydroxyl groups is 1. The highest BCUT2D eigenvalue weighted by molar-refractivity contribution is 5.95. The first-order valence-electron chi connectivity index (χ1n) is 5.45. The minimum atomic E-state index is -0.171. The van der Waals surface area contributed by atoms with Crippen LogP contribution in [0.25, 0.3) is 0 Å². The molecule has 1 saturated heterocycles. The zero-order valence-corrected chi connectivity index (χ0v) is 8.94. The van der Waals surface area contributed by atoms with E-state index in [0.29, 0.717) is 0 Å². The number of aromatic nitrogens is 1. The highest BCUT2D eigenvalue weighted by Gasteiger charge is 2.21. The van der Waals surface area contributed by atoms with Gasteiger partial charge in [-0.25, -0.2) is 4.98 Å². The Morgan fingerprint density at radius 3 is 3.12 bits per heavy atom. The molecule has 1 aromatic heterocycles. The van der Waals surface area contributed by atoms with Crippen molar-refractivity contribution in [1.82, 2.24) is 10.3 Å². The first-order valence-corrected chi connectivity index (χ1v) is 5.45. The molecule has 1 aromatic rings. The van der Waals surface area contributed by atoms with Gasteiger partial charge in [0, 0.05) is 6.20 Å². The quantitative estimate of drug-likeness (QED) is 0.692. The van der Waals surface area contributed by atoms with Crippen molar-refractivity contribution in [3.05, 3.63) is 18.3 Å². The van der Waals surface area contributed by atoms with E-state index < -0.39 is 0 Å². The minimum Gasteiger partial charge on any atom is -0.504 e. The van der Waals surface area contributed by atoms with E-state index in [4.69, 9.17) is 0 Å². The lowest BCUT2D eigenvalue weighted by Crippen LogP contribution is -2.43. The van der Waals surface area contributed by atoms with Gasteiger partial charge in [0.1, 0.15) is 0 Å². The van der Waals surface area contributed by atoms with Gasteiger partial charge in [-0.2, -0.15) is 0 Å². The summed E-state index contributed by atoms with van der Waals surface area (Å²) in [5.74, 6) is 0.0835. The van der Waals surface area contributed by atoms with E-state index in [-0.39, 0.29) is 23.5 Å². The number of carbonyl (C=O) groups excluding carboxylic acids is 1. The Bertz CT molecular complexity index is 375. The van der Waals surface area contributed by atoms with Gasteiger partial charge in [0.2, 0.25) is 5.91 Å². The van der Waals surface area contributed by atoms with E-state index in [1.807, 2.05) is 0 Å². The van der Waals surface area contributed by atoms with Crippen molar-refractivity contribution in [2.45, 2.75) is 25.3 Å². The molecular formula is C11H15N3O2. The zero-order chi connectivity index (χ0) is 11.4. The smallest absolute Gasteiger partial charge is 0.242 e. The van der Waals surface area contributed by atoms with Gasteiger partial charge in [-0.15, -0.1) is 0 Å². The molecule has 5 heteroatoms. The fraction of sp³-hybridized carbons (Fsp3) is 0.455. The molecule has 1 aliphatic rings. The van der Waals surface area contributed by atoms with Crippen LogP contribution in [0.4, 0.5) is 5.82 Å². The van der Waals surface area contributed by atoms with E-state index in [9.17, 15) is 9.90 Å². The second-order valence-corrected chi connectivity index (χ2v) is 3.86. The molecule has 0 saturated carbocycles. The number of pyridine rings is 1. The van der Waals surface area contributed by atoms with Gasteiger partial charge in [-0.1, -0.05) is 6.42 Å². The lowest BCUT2D eigenvalue weighted by atomic mass is 10.0. The lowest BCUT2D eigenvalue weighted by molar-refractivity contribution is -0.118. The topological polar surface area (TPSA) is 74.2 Å². The van der Waals surface area contributed by atoms with Crippen LogP contribution in [-0.4, -0.2) is 28.6 Å². The van der Waals surface area contributed by atoms with E-state index in [0.717, 1.165) is 25.8 Å². The number of nitrogens with zero attached hydrogens (tertiary/aromatic N) is 1. The first-order chi connectivity index (χ1) is 7.77. The monoisotopic (exact) mass is 221 g/mol. The molecule has 1 atom stereocenters. The summed E-state index contributed by atoms with van der Waals surface area (Å²) < 4.78 is 0. The predicted octanol–water partition coefficient (Wildman–Crippen LogP) is 0.868. The summed E-state index contributed by atoms with van der Waals surface area (Å²) >= 11 is 0. The fourth-order valence-corrected chi connectivity index (χ4v) is 1.77. The van der Waals surface area contributed by atoms with Crippen molar-refractivity contribution in [3.63, 3.8) is 0 Å². The normalized spacial score (nSPS) is 20.4. The third kappa shape index (κ3) is 2.49. The van der Waals surface area contributed by atoms with Crippen LogP contribution < -0.4 is 10.6 Å². The summed E-state index contributed by atoms with van der Waals surface area (Å²) in [7, 11) is 0. The van der Waals surface area contributed by atoms with Crippen LogP contribution in [0.15, 0.2) is 18.3 Å². The SMILES string of the molecule is O=C(Nc1ncccc1O)[C@H]1CCCCN1. The highest BCUT2D eigenvalue weighted by Crippen LogP contribution is 2.19. The van der Waals surface area contributed by atoms with Crippen molar-refractivity contribution in [2.24, 2.45) is 0 Å². The van der Waals surface area contributed by atoms with Crippen molar-refractivity contribution >= 4 is 11.7 Å². The maximum absolute atomic E-state index is 11.8. The molecule has 0 spiro atoms. The maximum atomic E-state index is 11.8. The average molecular weight is 221 g/mol. The van der Waals surface area contributed by atoms with Crippen molar-refractivity contribution in [3.8, 4) is 5.75 Å². The molecule has 2 heterocycles. The molecular weight excluding hydrogens is 206 g/mol. The third-order valence-electron chi connectivity index (χ3n) is 2.65. The summed E-state index contributed by atoms with van der Waals surface area (Å²) in [4.78, 5) is 15.7. The number of rotatable bonds is 2. The molecule has 86 valence electrons. The van der Waals surface area contributed by atoms with Crippen LogP contribution >= 0.6 is 0 Å². The number of hydrogen-bond donors (Lipinski definition) is 3. The van der Waals surface area contributed by atoms with Crippen LogP contribution in [0.3, 0.4) is 0 Å². The van der Waals surface area contributed by atoms with Crippen LogP contribution in [0.2, 0.25) is 0 Å². The number of carbonyl (C=O) groups is 1. The molecule has 16 heavy (non-hydrogen) atoms. The van der Waals surface area contributed by atoms with Gasteiger partial charge in [-0.3, -0.25) is 4.79 Å². The zero-order valence-electron chi connectivity index (χ0n) is 8.94. The Kier molecular flexibility index (Phi) is 3.36. The first kappa shape index (κ1) is 10.9. The summed E-state index contributed by atoms with van der Waals surface area (Å²) in [5.41, 5.74) is 0. The van der Waals surface area contributed by atoms with Gasteiger partial charge in [0.25, 0.3) is 0 Å². The number of amides is 1. The lowest BCUT2D eigenvalue weighted by Gasteiger charge is -2.22. The van der Waals surface area contributed by atoms with Crippen LogP contribution in [0.1, 0.15) is 19.3 Å². The third-order valence-corrected chi connectivity index (χ3v) is 2.65. The molecule has 0 bridgehead atoms. The molecule has 0 aliphatic carbocycles. The Hall–Kier alpha value is -1.62. The molecule has 2 rings (SSSR count). The number of hydrogen-bond acceptors (Lipinski definition) is 4. The Labute approximate surface area is 93.9 Å². The molecule has 3 N–H and O–H groups in total. The minimum absolute atomic E-state index is 0.00772. The predicted molar refractivity (Wildman–Crippen MR) is 60.2 cm³/mol. The fourth-order valence-electron chi connectivity index (χ4n) is 1.77.